The highest BCUT2D eigenvalue weighted by Gasteiger charge is 2.33. The molecular formula is C16H33Cl2N3O. The Bertz CT molecular complexity index is 306. The zero-order chi connectivity index (χ0) is 14.4. The average Bonchev–Trinajstić information content (AvgIpc) is 2.75. The maximum atomic E-state index is 12.0. The van der Waals surface area contributed by atoms with Crippen LogP contribution in [0.15, 0.2) is 0 Å². The number of halogens is 2. The molecule has 2 bridgehead atoms. The maximum absolute atomic E-state index is 12.0. The number of nitrogens with zero attached hydrogens (tertiary/aromatic N) is 1. The molecule has 0 radical (unpaired) electrons. The van der Waals surface area contributed by atoms with Gasteiger partial charge in [-0.25, -0.2) is 0 Å². The van der Waals surface area contributed by atoms with E-state index in [0.717, 1.165) is 26.1 Å². The van der Waals surface area contributed by atoms with Gasteiger partial charge in [-0.1, -0.05) is 13.3 Å². The smallest absolute Gasteiger partial charge is 0.220 e. The van der Waals surface area contributed by atoms with Gasteiger partial charge < -0.3 is 15.5 Å². The molecule has 2 saturated heterocycles. The quantitative estimate of drug-likeness (QED) is 0.704. The monoisotopic (exact) mass is 353 g/mol. The van der Waals surface area contributed by atoms with E-state index in [1.165, 1.54) is 38.5 Å². The second kappa shape index (κ2) is 11.5. The van der Waals surface area contributed by atoms with Crippen LogP contribution >= 0.6 is 24.8 Å². The number of hydrogen-bond acceptors (Lipinski definition) is 3. The summed E-state index contributed by atoms with van der Waals surface area (Å²) >= 11 is 0. The lowest BCUT2D eigenvalue weighted by Crippen LogP contribution is -2.40. The molecule has 0 aromatic heterocycles. The Morgan fingerprint density at radius 1 is 1.18 bits per heavy atom. The number of rotatable bonds is 8. The lowest BCUT2D eigenvalue weighted by atomic mass is 9.89. The molecule has 2 heterocycles. The van der Waals surface area contributed by atoms with E-state index in [1.54, 1.807) is 0 Å². The first-order valence-corrected chi connectivity index (χ1v) is 8.38. The zero-order valence-electron chi connectivity index (χ0n) is 14.0. The van der Waals surface area contributed by atoms with Crippen LogP contribution in [-0.2, 0) is 4.79 Å². The van der Waals surface area contributed by atoms with Crippen LogP contribution in [0.1, 0.15) is 51.9 Å². The van der Waals surface area contributed by atoms with Crippen LogP contribution in [-0.4, -0.2) is 49.6 Å². The number of hydrogen-bond donors (Lipinski definition) is 2. The highest BCUT2D eigenvalue weighted by Crippen LogP contribution is 2.32. The van der Waals surface area contributed by atoms with Crippen LogP contribution in [0, 0.1) is 5.92 Å². The summed E-state index contributed by atoms with van der Waals surface area (Å²) in [5.74, 6) is 0.853. The third-order valence-corrected chi connectivity index (χ3v) is 4.75. The van der Waals surface area contributed by atoms with Crippen LogP contribution in [0.3, 0.4) is 0 Å². The molecule has 0 saturated carbocycles. The zero-order valence-corrected chi connectivity index (χ0v) is 15.6. The van der Waals surface area contributed by atoms with Crippen LogP contribution in [0.2, 0.25) is 0 Å². The molecule has 2 N–H and O–H groups in total. The largest absolute Gasteiger partial charge is 0.355 e. The molecule has 22 heavy (non-hydrogen) atoms. The van der Waals surface area contributed by atoms with Gasteiger partial charge in [0.25, 0.3) is 0 Å². The van der Waals surface area contributed by atoms with Crippen molar-refractivity contribution in [2.24, 2.45) is 5.92 Å². The Labute approximate surface area is 148 Å². The van der Waals surface area contributed by atoms with E-state index < -0.39 is 0 Å². The third-order valence-electron chi connectivity index (χ3n) is 4.75. The van der Waals surface area contributed by atoms with Crippen molar-refractivity contribution in [2.75, 3.05) is 26.7 Å². The normalized spacial score (nSPS) is 26.2. The molecule has 2 fully saturated rings. The number of likely N-dealkylation sites (N-methyl/N-ethyl adjacent to an activating group) is 1. The van der Waals surface area contributed by atoms with Gasteiger partial charge in [0.2, 0.25) is 5.91 Å². The number of piperidine rings is 1. The number of nitrogens with one attached hydrogen (secondary N) is 2. The van der Waals surface area contributed by atoms with Crippen molar-refractivity contribution in [1.29, 1.82) is 0 Å². The molecule has 6 heteroatoms. The molecule has 0 aromatic rings. The lowest BCUT2D eigenvalue weighted by molar-refractivity contribution is -0.122. The second-order valence-electron chi connectivity index (χ2n) is 6.69. The molecule has 2 aliphatic rings. The van der Waals surface area contributed by atoms with E-state index in [0.29, 0.717) is 18.0 Å². The van der Waals surface area contributed by atoms with Gasteiger partial charge in [-0.15, -0.1) is 24.8 Å². The van der Waals surface area contributed by atoms with Crippen molar-refractivity contribution in [3.05, 3.63) is 0 Å². The maximum Gasteiger partial charge on any atom is 0.220 e. The molecule has 2 rings (SSSR count). The van der Waals surface area contributed by atoms with Gasteiger partial charge in [0, 0.05) is 31.6 Å². The van der Waals surface area contributed by atoms with E-state index >= 15 is 0 Å². The molecule has 0 aromatic carbocycles. The third kappa shape index (κ3) is 7.49. The van der Waals surface area contributed by atoms with Crippen LogP contribution in [0.4, 0.5) is 0 Å². The van der Waals surface area contributed by atoms with E-state index in [1.807, 2.05) is 0 Å². The van der Waals surface area contributed by atoms with Crippen molar-refractivity contribution >= 4 is 30.7 Å². The number of carbonyl (C=O) groups excluding carboxylic acids is 1. The first kappa shape index (κ1) is 22.0. The molecule has 0 spiro atoms. The van der Waals surface area contributed by atoms with E-state index in [2.05, 4.69) is 29.5 Å². The van der Waals surface area contributed by atoms with Crippen molar-refractivity contribution in [2.45, 2.75) is 64.0 Å². The van der Waals surface area contributed by atoms with Crippen molar-refractivity contribution in [3.63, 3.8) is 0 Å². The van der Waals surface area contributed by atoms with Crippen LogP contribution in [0.25, 0.3) is 0 Å². The Morgan fingerprint density at radius 2 is 1.82 bits per heavy atom. The number of unbranched alkanes of at least 4 members (excludes halogenated alkanes) is 1. The standard InChI is InChI=1S/C16H31N3O.2ClH/c1-3-4-8-19(2)9-7-17-16(20)12-13-10-14-5-6-15(11-13)18-14;;/h13-15,18H,3-12H2,1-2H3,(H,17,20);2*1H. The van der Waals surface area contributed by atoms with Gasteiger partial charge in [-0.05, 0) is 51.6 Å². The second-order valence-corrected chi connectivity index (χ2v) is 6.69. The first-order valence-electron chi connectivity index (χ1n) is 8.38. The summed E-state index contributed by atoms with van der Waals surface area (Å²) in [7, 11) is 2.13. The summed E-state index contributed by atoms with van der Waals surface area (Å²) in [6.07, 6.45) is 8.21. The fraction of sp³-hybridized carbons (Fsp3) is 0.938. The van der Waals surface area contributed by atoms with Gasteiger partial charge in [-0.3, -0.25) is 4.79 Å². The molecular weight excluding hydrogens is 321 g/mol. The summed E-state index contributed by atoms with van der Waals surface area (Å²) in [6, 6.07) is 1.37. The molecule has 4 nitrogen and oxygen atoms in total. The minimum Gasteiger partial charge on any atom is -0.355 e. The highest BCUT2D eigenvalue weighted by atomic mass is 35.5. The molecule has 2 aliphatic heterocycles. The molecule has 2 unspecified atom stereocenters. The van der Waals surface area contributed by atoms with Gasteiger partial charge in [0.1, 0.15) is 0 Å². The summed E-state index contributed by atoms with van der Waals surface area (Å²) < 4.78 is 0. The summed E-state index contributed by atoms with van der Waals surface area (Å²) in [5, 5.41) is 6.72. The Balaban J connectivity index is 0.00000220. The van der Waals surface area contributed by atoms with E-state index in [-0.39, 0.29) is 30.7 Å². The van der Waals surface area contributed by atoms with Crippen molar-refractivity contribution < 1.29 is 4.79 Å². The fourth-order valence-corrected chi connectivity index (χ4v) is 3.60. The lowest BCUT2D eigenvalue weighted by Gasteiger charge is -2.28. The van der Waals surface area contributed by atoms with E-state index in [4.69, 9.17) is 0 Å². The Morgan fingerprint density at radius 3 is 2.41 bits per heavy atom. The summed E-state index contributed by atoms with van der Waals surface area (Å²) in [4.78, 5) is 14.3. The summed E-state index contributed by atoms with van der Waals surface area (Å²) in [5.41, 5.74) is 0. The fourth-order valence-electron chi connectivity index (χ4n) is 3.60. The molecule has 0 aliphatic carbocycles. The van der Waals surface area contributed by atoms with Crippen molar-refractivity contribution in [1.82, 2.24) is 15.5 Å². The minimum atomic E-state index is 0. The minimum absolute atomic E-state index is 0. The van der Waals surface area contributed by atoms with Gasteiger partial charge >= 0.3 is 0 Å². The van der Waals surface area contributed by atoms with E-state index in [9.17, 15) is 4.79 Å². The number of carbonyl (C=O) groups is 1. The molecule has 1 amide bonds. The Kier molecular flexibility index (Phi) is 11.5. The van der Waals surface area contributed by atoms with Gasteiger partial charge in [0.05, 0.1) is 0 Å². The average molecular weight is 354 g/mol. The Hall–Kier alpha value is -0.0300. The molecule has 2 atom stereocenters. The number of fused-ring (bicyclic) bond motifs is 2. The first-order chi connectivity index (χ1) is 9.67. The highest BCUT2D eigenvalue weighted by molar-refractivity contribution is 5.85. The van der Waals surface area contributed by atoms with Gasteiger partial charge in [0.15, 0.2) is 0 Å². The van der Waals surface area contributed by atoms with Crippen LogP contribution in [0.5, 0.6) is 0 Å². The SMILES string of the molecule is CCCCN(C)CCNC(=O)CC1CC2CCC(C1)N2.Cl.Cl. The van der Waals surface area contributed by atoms with Crippen molar-refractivity contribution in [3.8, 4) is 0 Å². The predicted octanol–water partition coefficient (Wildman–Crippen LogP) is 2.60. The molecule has 132 valence electrons. The predicted molar refractivity (Wildman–Crippen MR) is 97.2 cm³/mol. The van der Waals surface area contributed by atoms with Gasteiger partial charge in [-0.2, -0.15) is 0 Å². The summed E-state index contributed by atoms with van der Waals surface area (Å²) in [6.45, 7) is 5.09. The topological polar surface area (TPSA) is 44.4 Å². The number of amides is 1. The van der Waals surface area contributed by atoms with Crippen LogP contribution < -0.4 is 10.6 Å².